The van der Waals surface area contributed by atoms with Gasteiger partial charge in [-0.05, 0) is 43.4 Å². The van der Waals surface area contributed by atoms with E-state index in [1.165, 1.54) is 19.5 Å². The number of nitrogens with zero attached hydrogens (tertiary/aromatic N) is 1. The van der Waals surface area contributed by atoms with Gasteiger partial charge in [-0.15, -0.1) is 0 Å². The zero-order valence-electron chi connectivity index (χ0n) is 11.5. The Hall–Kier alpha value is -0.860. The first-order valence-corrected chi connectivity index (χ1v) is 7.24. The Morgan fingerprint density at radius 1 is 1.28 bits per heavy atom. The largest absolute Gasteiger partial charge is 0.327 e. The Kier molecular flexibility index (Phi) is 3.16. The fourth-order valence-corrected chi connectivity index (χ4v) is 3.54. The summed E-state index contributed by atoms with van der Waals surface area (Å²) in [7, 11) is 0. The Labute approximate surface area is 110 Å². The van der Waals surface area contributed by atoms with Crippen LogP contribution in [0.4, 0.5) is 0 Å². The van der Waals surface area contributed by atoms with Crippen LogP contribution in [-0.2, 0) is 6.42 Å². The van der Waals surface area contributed by atoms with Gasteiger partial charge in [0.1, 0.15) is 0 Å². The molecule has 1 saturated heterocycles. The van der Waals surface area contributed by atoms with E-state index in [0.29, 0.717) is 18.0 Å². The molecule has 2 nitrogen and oxygen atoms in total. The van der Waals surface area contributed by atoms with Crippen LogP contribution < -0.4 is 5.73 Å². The maximum Gasteiger partial charge on any atom is 0.0108 e. The lowest BCUT2D eigenvalue weighted by Crippen LogP contribution is -2.53. The molecule has 0 spiro atoms. The minimum Gasteiger partial charge on any atom is -0.327 e. The van der Waals surface area contributed by atoms with Crippen molar-refractivity contribution >= 4 is 0 Å². The number of benzene rings is 1. The number of rotatable bonds is 2. The lowest BCUT2D eigenvalue weighted by atomic mass is 9.76. The molecule has 4 atom stereocenters. The lowest BCUT2D eigenvalue weighted by molar-refractivity contribution is 0.0888. The van der Waals surface area contributed by atoms with Gasteiger partial charge in [-0.2, -0.15) is 0 Å². The second-order valence-electron chi connectivity index (χ2n) is 6.15. The maximum absolute atomic E-state index is 6.16. The van der Waals surface area contributed by atoms with Crippen molar-refractivity contribution in [3.05, 3.63) is 35.4 Å². The molecule has 1 heterocycles. The molecule has 0 aromatic heterocycles. The molecule has 98 valence electrons. The molecule has 0 bridgehead atoms. The Morgan fingerprint density at radius 2 is 2.06 bits per heavy atom. The highest BCUT2D eigenvalue weighted by Gasteiger charge is 2.34. The van der Waals surface area contributed by atoms with Gasteiger partial charge in [-0.1, -0.05) is 31.2 Å². The van der Waals surface area contributed by atoms with E-state index in [-0.39, 0.29) is 0 Å². The quantitative estimate of drug-likeness (QED) is 0.865. The summed E-state index contributed by atoms with van der Waals surface area (Å²) in [6, 6.07) is 9.91. The molecule has 0 amide bonds. The Bertz CT molecular complexity index is 429. The topological polar surface area (TPSA) is 29.3 Å². The Morgan fingerprint density at radius 3 is 2.83 bits per heavy atom. The third-order valence-corrected chi connectivity index (χ3v) is 5.18. The molecule has 1 aliphatic heterocycles. The van der Waals surface area contributed by atoms with Gasteiger partial charge in [0.15, 0.2) is 0 Å². The second-order valence-corrected chi connectivity index (χ2v) is 6.15. The van der Waals surface area contributed by atoms with Crippen molar-refractivity contribution in [2.24, 2.45) is 11.7 Å². The molecule has 1 aliphatic carbocycles. The van der Waals surface area contributed by atoms with Crippen LogP contribution in [0.25, 0.3) is 0 Å². The summed E-state index contributed by atoms with van der Waals surface area (Å²) in [5.74, 6) is 1.37. The molecule has 1 fully saturated rings. The van der Waals surface area contributed by atoms with E-state index in [0.717, 1.165) is 12.3 Å². The van der Waals surface area contributed by atoms with Gasteiger partial charge in [-0.25, -0.2) is 0 Å². The summed E-state index contributed by atoms with van der Waals surface area (Å²) in [6.45, 7) is 7.03. The van der Waals surface area contributed by atoms with Gasteiger partial charge in [0.05, 0.1) is 0 Å². The lowest BCUT2D eigenvalue weighted by Gasteiger charge is -2.44. The molecule has 0 saturated carbocycles. The zero-order chi connectivity index (χ0) is 12.7. The van der Waals surface area contributed by atoms with Crippen LogP contribution >= 0.6 is 0 Å². The molecule has 2 N–H and O–H groups in total. The van der Waals surface area contributed by atoms with Crippen LogP contribution in [0.3, 0.4) is 0 Å². The predicted molar refractivity (Wildman–Crippen MR) is 75.7 cm³/mol. The molecule has 0 radical (unpaired) electrons. The van der Waals surface area contributed by atoms with Gasteiger partial charge in [0.2, 0.25) is 0 Å². The number of nitrogens with two attached hydrogens (primary N) is 1. The molecule has 2 heteroatoms. The highest BCUT2D eigenvalue weighted by atomic mass is 15.2. The highest BCUT2D eigenvalue weighted by molar-refractivity contribution is 5.40. The fourth-order valence-electron chi connectivity index (χ4n) is 3.54. The molecular formula is C16H24N2. The van der Waals surface area contributed by atoms with E-state index in [4.69, 9.17) is 5.73 Å². The molecule has 2 aliphatic rings. The van der Waals surface area contributed by atoms with E-state index in [9.17, 15) is 0 Å². The van der Waals surface area contributed by atoms with Crippen LogP contribution in [0.15, 0.2) is 24.3 Å². The number of fused-ring (bicyclic) bond motifs is 1. The summed E-state index contributed by atoms with van der Waals surface area (Å²) >= 11 is 0. The van der Waals surface area contributed by atoms with Crippen molar-refractivity contribution in [1.82, 2.24) is 4.90 Å². The highest BCUT2D eigenvalue weighted by Crippen LogP contribution is 2.36. The SMILES string of the molecule is CC1C(N)CCN(CC2Cc3ccccc32)C1C. The minimum atomic E-state index is 0.393. The van der Waals surface area contributed by atoms with Crippen molar-refractivity contribution in [1.29, 1.82) is 0 Å². The van der Waals surface area contributed by atoms with Crippen molar-refractivity contribution in [2.75, 3.05) is 13.1 Å². The summed E-state index contributed by atoms with van der Waals surface area (Å²) in [5.41, 5.74) is 9.29. The monoisotopic (exact) mass is 244 g/mol. The van der Waals surface area contributed by atoms with Gasteiger partial charge in [-0.3, -0.25) is 4.90 Å². The van der Waals surface area contributed by atoms with Gasteiger partial charge < -0.3 is 5.73 Å². The van der Waals surface area contributed by atoms with Crippen LogP contribution in [0.5, 0.6) is 0 Å². The molecular weight excluding hydrogens is 220 g/mol. The zero-order valence-corrected chi connectivity index (χ0v) is 11.5. The summed E-state index contributed by atoms with van der Waals surface area (Å²) in [4.78, 5) is 2.65. The van der Waals surface area contributed by atoms with Crippen LogP contribution in [-0.4, -0.2) is 30.1 Å². The van der Waals surface area contributed by atoms with Crippen LogP contribution in [0.1, 0.15) is 37.3 Å². The normalized spacial score (nSPS) is 35.9. The van der Waals surface area contributed by atoms with Gasteiger partial charge in [0, 0.05) is 24.5 Å². The minimum absolute atomic E-state index is 0.393. The van der Waals surface area contributed by atoms with Crippen LogP contribution in [0.2, 0.25) is 0 Å². The first-order chi connectivity index (χ1) is 8.66. The second kappa shape index (κ2) is 4.67. The maximum atomic E-state index is 6.16. The predicted octanol–water partition coefficient (Wildman–Crippen LogP) is 2.38. The number of piperidine rings is 1. The smallest absolute Gasteiger partial charge is 0.0108 e. The average molecular weight is 244 g/mol. The van der Waals surface area contributed by atoms with E-state index in [2.05, 4.69) is 43.0 Å². The van der Waals surface area contributed by atoms with Gasteiger partial charge >= 0.3 is 0 Å². The third-order valence-electron chi connectivity index (χ3n) is 5.18. The van der Waals surface area contributed by atoms with Crippen molar-refractivity contribution < 1.29 is 0 Å². The third kappa shape index (κ3) is 1.98. The van der Waals surface area contributed by atoms with Gasteiger partial charge in [0.25, 0.3) is 0 Å². The van der Waals surface area contributed by atoms with E-state index in [1.807, 2.05) is 0 Å². The molecule has 1 aromatic carbocycles. The van der Waals surface area contributed by atoms with E-state index >= 15 is 0 Å². The van der Waals surface area contributed by atoms with Crippen LogP contribution in [0, 0.1) is 5.92 Å². The van der Waals surface area contributed by atoms with Crippen molar-refractivity contribution in [3.63, 3.8) is 0 Å². The Balaban J connectivity index is 1.65. The summed E-state index contributed by atoms with van der Waals surface area (Å²) < 4.78 is 0. The van der Waals surface area contributed by atoms with E-state index < -0.39 is 0 Å². The molecule has 4 unspecified atom stereocenters. The molecule has 18 heavy (non-hydrogen) atoms. The number of likely N-dealkylation sites (tertiary alicyclic amines) is 1. The summed E-state index contributed by atoms with van der Waals surface area (Å²) in [6.07, 6.45) is 2.42. The standard InChI is InChI=1S/C16H24N2/c1-11-12(2)18(8-7-16(11)17)10-14-9-13-5-3-4-6-15(13)14/h3-6,11-12,14,16H,7-10,17H2,1-2H3. The number of hydrogen-bond donors (Lipinski definition) is 1. The van der Waals surface area contributed by atoms with Crippen molar-refractivity contribution in [3.8, 4) is 0 Å². The first-order valence-electron chi connectivity index (χ1n) is 7.24. The summed E-state index contributed by atoms with van der Waals surface area (Å²) in [5, 5.41) is 0. The fraction of sp³-hybridized carbons (Fsp3) is 0.625. The average Bonchev–Trinajstić information content (AvgIpc) is 2.35. The molecule has 1 aromatic rings. The van der Waals surface area contributed by atoms with Crippen molar-refractivity contribution in [2.45, 2.75) is 44.7 Å². The first kappa shape index (κ1) is 12.2. The molecule has 3 rings (SSSR count). The number of hydrogen-bond acceptors (Lipinski definition) is 2. The van der Waals surface area contributed by atoms with E-state index in [1.54, 1.807) is 11.1 Å².